The Morgan fingerprint density at radius 3 is 2.37 bits per heavy atom. The molecule has 0 unspecified atom stereocenters. The minimum Gasteiger partial charge on any atom is -0.328 e. The van der Waals surface area contributed by atoms with Crippen molar-refractivity contribution >= 4 is 33.6 Å². The highest BCUT2D eigenvalue weighted by atomic mass is 32.3. The molecule has 5 rings (SSSR count). The third kappa shape index (κ3) is 3.32. The SMILES string of the molecule is CN1CCN(Cc2cn3c(n2)S2(OC(=O)C=CC(=O)O2)C(c2ccncc2)=C3)CC1. The first-order chi connectivity index (χ1) is 14.5. The summed E-state index contributed by atoms with van der Waals surface area (Å²) >= 11 is 0. The van der Waals surface area contributed by atoms with E-state index in [1.54, 1.807) is 24.5 Å². The number of imidazole rings is 1. The Morgan fingerprint density at radius 2 is 1.70 bits per heavy atom. The molecule has 2 aromatic heterocycles. The Hall–Kier alpha value is -2.95. The zero-order valence-electron chi connectivity index (χ0n) is 16.4. The maximum atomic E-state index is 12.3. The van der Waals surface area contributed by atoms with Crippen molar-refractivity contribution in [1.82, 2.24) is 24.3 Å². The molecule has 0 bridgehead atoms. The van der Waals surface area contributed by atoms with Crippen LogP contribution in [0.1, 0.15) is 11.3 Å². The maximum Gasteiger partial charge on any atom is 0.354 e. The predicted octanol–water partition coefficient (Wildman–Crippen LogP) is 1.64. The second kappa shape index (κ2) is 7.38. The molecule has 1 spiro atoms. The first kappa shape index (κ1) is 19.0. The molecular weight excluding hydrogens is 406 g/mol. The second-order valence-corrected chi connectivity index (χ2v) is 9.52. The number of likely N-dealkylation sites (N-methyl/N-ethyl adjacent to an activating group) is 1. The van der Waals surface area contributed by atoms with Crippen LogP contribution in [0.3, 0.4) is 0 Å². The van der Waals surface area contributed by atoms with Gasteiger partial charge in [-0.15, -0.1) is 0 Å². The molecule has 10 heteroatoms. The van der Waals surface area contributed by atoms with Gasteiger partial charge in [-0.3, -0.25) is 14.5 Å². The van der Waals surface area contributed by atoms with Gasteiger partial charge >= 0.3 is 11.9 Å². The Morgan fingerprint density at radius 1 is 1.03 bits per heavy atom. The van der Waals surface area contributed by atoms with Crippen molar-refractivity contribution in [2.45, 2.75) is 11.7 Å². The van der Waals surface area contributed by atoms with Gasteiger partial charge < -0.3 is 13.3 Å². The molecule has 156 valence electrons. The largest absolute Gasteiger partial charge is 0.354 e. The monoisotopic (exact) mass is 427 g/mol. The minimum atomic E-state index is -2.88. The summed E-state index contributed by atoms with van der Waals surface area (Å²) in [6, 6.07) is 3.58. The second-order valence-electron chi connectivity index (χ2n) is 7.37. The molecule has 1 saturated heterocycles. The van der Waals surface area contributed by atoms with Crippen LogP contribution in [0.15, 0.2) is 48.0 Å². The number of rotatable bonds is 3. The predicted molar refractivity (Wildman–Crippen MR) is 111 cm³/mol. The normalized spacial score (nSPS) is 22.2. The van der Waals surface area contributed by atoms with E-state index in [-0.39, 0.29) is 0 Å². The molecule has 0 saturated carbocycles. The van der Waals surface area contributed by atoms with Gasteiger partial charge in [-0.25, -0.2) is 14.6 Å². The van der Waals surface area contributed by atoms with Crippen LogP contribution in [0.25, 0.3) is 11.1 Å². The average molecular weight is 427 g/mol. The summed E-state index contributed by atoms with van der Waals surface area (Å²) in [6.45, 7) is 4.62. The zero-order chi connectivity index (χ0) is 20.7. The van der Waals surface area contributed by atoms with Gasteiger partial charge in [0, 0.05) is 75.2 Å². The summed E-state index contributed by atoms with van der Waals surface area (Å²) in [5.74, 6) is -1.26. The van der Waals surface area contributed by atoms with Crippen molar-refractivity contribution < 1.29 is 18.0 Å². The molecule has 9 nitrogen and oxygen atoms in total. The Kier molecular flexibility index (Phi) is 4.69. The van der Waals surface area contributed by atoms with Gasteiger partial charge in [0.15, 0.2) is 0 Å². The minimum absolute atomic E-state index is 0.434. The molecule has 2 aromatic rings. The first-order valence-electron chi connectivity index (χ1n) is 9.63. The van der Waals surface area contributed by atoms with Crippen LogP contribution in [0, 0.1) is 0 Å². The molecule has 3 aliphatic heterocycles. The van der Waals surface area contributed by atoms with Gasteiger partial charge in [0.05, 0.1) is 5.69 Å². The van der Waals surface area contributed by atoms with Crippen molar-refractivity contribution in [2.24, 2.45) is 0 Å². The lowest BCUT2D eigenvalue weighted by atomic mass is 10.2. The van der Waals surface area contributed by atoms with Crippen LogP contribution in [-0.4, -0.2) is 69.5 Å². The molecule has 30 heavy (non-hydrogen) atoms. The fourth-order valence-electron chi connectivity index (χ4n) is 3.67. The number of carbonyl (C=O) groups excluding carboxylic acids is 2. The number of pyridine rings is 1. The molecule has 0 aromatic carbocycles. The summed E-state index contributed by atoms with van der Waals surface area (Å²) < 4.78 is 13.3. The third-order valence-electron chi connectivity index (χ3n) is 5.24. The van der Waals surface area contributed by atoms with Crippen molar-refractivity contribution in [3.8, 4) is 0 Å². The molecule has 0 aliphatic carbocycles. The summed E-state index contributed by atoms with van der Waals surface area (Å²) in [5, 5.41) is 0.434. The Bertz CT molecular complexity index is 1040. The third-order valence-corrected chi connectivity index (χ3v) is 7.74. The lowest BCUT2D eigenvalue weighted by molar-refractivity contribution is -0.129. The van der Waals surface area contributed by atoms with E-state index >= 15 is 0 Å². The highest BCUT2D eigenvalue weighted by Crippen LogP contribution is 2.70. The number of carbonyl (C=O) groups is 2. The molecule has 1 fully saturated rings. The van der Waals surface area contributed by atoms with E-state index < -0.39 is 22.5 Å². The number of hydrogen-bond acceptors (Lipinski definition) is 8. The van der Waals surface area contributed by atoms with Gasteiger partial charge in [-0.05, 0) is 29.8 Å². The van der Waals surface area contributed by atoms with Crippen molar-refractivity contribution in [3.63, 3.8) is 0 Å². The fourth-order valence-corrected chi connectivity index (χ4v) is 6.12. The average Bonchev–Trinajstić information content (AvgIpc) is 3.21. The van der Waals surface area contributed by atoms with E-state index in [4.69, 9.17) is 13.4 Å². The Balaban J connectivity index is 1.53. The van der Waals surface area contributed by atoms with E-state index in [0.29, 0.717) is 16.6 Å². The summed E-state index contributed by atoms with van der Waals surface area (Å²) in [4.78, 5) is 38.7. The van der Waals surface area contributed by atoms with Gasteiger partial charge in [-0.2, -0.15) is 0 Å². The lowest BCUT2D eigenvalue weighted by Crippen LogP contribution is -2.43. The van der Waals surface area contributed by atoms with Crippen LogP contribution >= 0.6 is 10.6 Å². The van der Waals surface area contributed by atoms with Crippen LogP contribution in [0.4, 0.5) is 0 Å². The topological polar surface area (TPSA) is 89.8 Å². The van der Waals surface area contributed by atoms with Crippen molar-refractivity contribution in [1.29, 1.82) is 0 Å². The fraction of sp³-hybridized carbons (Fsp3) is 0.300. The number of aromatic nitrogens is 3. The van der Waals surface area contributed by atoms with Crippen LogP contribution in [-0.2, 0) is 24.5 Å². The number of nitrogens with zero attached hydrogens (tertiary/aromatic N) is 5. The van der Waals surface area contributed by atoms with E-state index in [1.165, 1.54) is 0 Å². The van der Waals surface area contributed by atoms with E-state index in [1.807, 2.05) is 17.0 Å². The van der Waals surface area contributed by atoms with Gasteiger partial charge in [-0.1, -0.05) is 0 Å². The molecule has 0 amide bonds. The highest BCUT2D eigenvalue weighted by molar-refractivity contribution is 8.34. The first-order valence-corrected chi connectivity index (χ1v) is 11.1. The number of piperazine rings is 1. The maximum absolute atomic E-state index is 12.3. The van der Waals surface area contributed by atoms with Crippen molar-refractivity contribution in [3.05, 3.63) is 54.1 Å². The van der Waals surface area contributed by atoms with Crippen LogP contribution in [0.5, 0.6) is 0 Å². The van der Waals surface area contributed by atoms with Crippen LogP contribution in [0.2, 0.25) is 0 Å². The lowest BCUT2D eigenvalue weighted by Gasteiger charge is -2.36. The molecular formula is C20H21N5O4S. The van der Waals surface area contributed by atoms with E-state index in [0.717, 1.165) is 49.6 Å². The summed E-state index contributed by atoms with van der Waals surface area (Å²) in [5.41, 5.74) is 1.60. The molecule has 0 radical (unpaired) electrons. The zero-order valence-corrected chi connectivity index (χ0v) is 17.2. The highest BCUT2D eigenvalue weighted by Gasteiger charge is 2.45. The van der Waals surface area contributed by atoms with Crippen LogP contribution < -0.4 is 0 Å². The number of fused-ring (bicyclic) bond motifs is 2. The van der Waals surface area contributed by atoms with Gasteiger partial charge in [0.1, 0.15) is 4.91 Å². The van der Waals surface area contributed by atoms with E-state index in [9.17, 15) is 9.59 Å². The number of hydrogen-bond donors (Lipinski definition) is 0. The van der Waals surface area contributed by atoms with Crippen molar-refractivity contribution in [2.75, 3.05) is 33.2 Å². The molecule has 5 heterocycles. The molecule has 3 aliphatic rings. The Labute approximate surface area is 175 Å². The van der Waals surface area contributed by atoms with Gasteiger partial charge in [0.2, 0.25) is 0 Å². The molecule has 0 atom stereocenters. The standard InChI is InChI=1S/C20H21N5O4S/c1-23-8-10-24(11-9-23)12-16-13-25-14-17(15-4-6-21-7-5-15)30(20(25)22-16)28-18(26)2-3-19(27)29-30/h2-7,13-14H,8-12H2,1H3. The smallest absolute Gasteiger partial charge is 0.328 e. The quantitative estimate of drug-likeness (QED) is 0.731. The molecule has 0 N–H and O–H groups in total. The summed E-state index contributed by atoms with van der Waals surface area (Å²) in [6.07, 6.45) is 9.20. The van der Waals surface area contributed by atoms with Gasteiger partial charge in [0.25, 0.3) is 5.16 Å². The summed E-state index contributed by atoms with van der Waals surface area (Å²) in [7, 11) is -0.767. The van der Waals surface area contributed by atoms with E-state index in [2.05, 4.69) is 21.8 Å².